The molecule has 2 aromatic rings. The number of benzene rings is 2. The van der Waals surface area contributed by atoms with Crippen LogP contribution in [0.1, 0.15) is 28.8 Å². The molecule has 0 aromatic heterocycles. The maximum Gasteiger partial charge on any atom is 0.260 e. The Bertz CT molecular complexity index is 734. The van der Waals surface area contributed by atoms with Crippen LogP contribution in [0.15, 0.2) is 54.6 Å². The maximum absolute atomic E-state index is 12.4. The highest BCUT2D eigenvalue weighted by molar-refractivity contribution is 6.08. The summed E-state index contributed by atoms with van der Waals surface area (Å²) >= 11 is 0. The molecule has 1 fully saturated rings. The zero-order valence-corrected chi connectivity index (χ0v) is 15.3. The quantitative estimate of drug-likeness (QED) is 0.789. The zero-order chi connectivity index (χ0) is 17.6. The summed E-state index contributed by atoms with van der Waals surface area (Å²) in [6, 6.07) is 16.1. The Labute approximate surface area is 159 Å². The van der Waals surface area contributed by atoms with Crippen LogP contribution >= 0.6 is 12.4 Å². The van der Waals surface area contributed by atoms with Crippen LogP contribution in [-0.2, 0) is 4.79 Å². The van der Waals surface area contributed by atoms with Gasteiger partial charge in [0.2, 0.25) is 0 Å². The van der Waals surface area contributed by atoms with Crippen molar-refractivity contribution < 1.29 is 14.3 Å². The normalized spacial score (nSPS) is 16.0. The largest absolute Gasteiger partial charge is 0.484 e. The van der Waals surface area contributed by atoms with Gasteiger partial charge in [-0.25, -0.2) is 0 Å². The van der Waals surface area contributed by atoms with Gasteiger partial charge in [0.25, 0.3) is 5.91 Å². The van der Waals surface area contributed by atoms with Crippen LogP contribution < -0.4 is 10.5 Å². The second-order valence-electron chi connectivity index (χ2n) is 6.13. The molecular weight excluding hydrogens is 352 g/mol. The molecule has 0 saturated carbocycles. The number of nitrogens with zero attached hydrogens (tertiary/aromatic N) is 1. The minimum absolute atomic E-state index is 0. The van der Waals surface area contributed by atoms with E-state index in [0.29, 0.717) is 23.4 Å². The minimum Gasteiger partial charge on any atom is -0.484 e. The second-order valence-corrected chi connectivity index (χ2v) is 6.13. The number of halogens is 1. The molecule has 1 heterocycles. The van der Waals surface area contributed by atoms with E-state index >= 15 is 0 Å². The van der Waals surface area contributed by atoms with Crippen molar-refractivity contribution in [1.82, 2.24) is 4.90 Å². The number of likely N-dealkylation sites (tertiary alicyclic amines) is 1. The van der Waals surface area contributed by atoms with Gasteiger partial charge in [-0.15, -0.1) is 12.4 Å². The van der Waals surface area contributed by atoms with E-state index in [1.165, 1.54) is 0 Å². The monoisotopic (exact) mass is 374 g/mol. The molecule has 1 aliphatic heterocycles. The van der Waals surface area contributed by atoms with E-state index in [4.69, 9.17) is 10.5 Å². The number of carbonyl (C=O) groups excluding carboxylic acids is 2. The molecule has 0 spiro atoms. The predicted octanol–water partition coefficient (Wildman–Crippen LogP) is 2.67. The fourth-order valence-electron chi connectivity index (χ4n) is 3.10. The number of hydrogen-bond acceptors (Lipinski definition) is 4. The van der Waals surface area contributed by atoms with Crippen molar-refractivity contribution in [2.24, 2.45) is 5.73 Å². The molecule has 1 unspecified atom stereocenters. The Morgan fingerprint density at radius 3 is 2.35 bits per heavy atom. The third-order valence-corrected chi connectivity index (χ3v) is 4.48. The number of nitrogens with two attached hydrogens (primary N) is 1. The molecule has 0 bridgehead atoms. The standard InChI is InChI=1S/C20H22N2O3.ClH/c21-13-17-7-4-12-22(17)19(23)14-25-18-10-8-16(9-11-18)20(24)15-5-2-1-3-6-15;/h1-3,5-6,8-11,17H,4,7,12-14,21H2;1H. The molecule has 1 amide bonds. The topological polar surface area (TPSA) is 72.6 Å². The van der Waals surface area contributed by atoms with Crippen LogP contribution in [0.25, 0.3) is 0 Å². The Hall–Kier alpha value is -2.37. The van der Waals surface area contributed by atoms with Crippen LogP contribution in [0.3, 0.4) is 0 Å². The molecule has 6 heteroatoms. The lowest BCUT2D eigenvalue weighted by Gasteiger charge is -2.23. The van der Waals surface area contributed by atoms with Crippen molar-refractivity contribution in [2.75, 3.05) is 19.7 Å². The summed E-state index contributed by atoms with van der Waals surface area (Å²) in [6.45, 7) is 1.22. The summed E-state index contributed by atoms with van der Waals surface area (Å²) in [5, 5.41) is 0. The Morgan fingerprint density at radius 1 is 1.04 bits per heavy atom. The van der Waals surface area contributed by atoms with E-state index in [9.17, 15) is 9.59 Å². The van der Waals surface area contributed by atoms with Gasteiger partial charge in [0.05, 0.1) is 0 Å². The second kappa shape index (κ2) is 9.36. The van der Waals surface area contributed by atoms with Gasteiger partial charge in [-0.2, -0.15) is 0 Å². The fourth-order valence-corrected chi connectivity index (χ4v) is 3.10. The lowest BCUT2D eigenvalue weighted by Crippen LogP contribution is -2.42. The summed E-state index contributed by atoms with van der Waals surface area (Å²) in [5.74, 6) is 0.491. The molecule has 1 atom stereocenters. The summed E-state index contributed by atoms with van der Waals surface area (Å²) in [7, 11) is 0. The highest BCUT2D eigenvalue weighted by Gasteiger charge is 2.27. The van der Waals surface area contributed by atoms with Crippen molar-refractivity contribution in [3.05, 3.63) is 65.7 Å². The van der Waals surface area contributed by atoms with Gasteiger partial charge in [0, 0.05) is 30.3 Å². The summed E-state index contributed by atoms with van der Waals surface area (Å²) in [6.07, 6.45) is 1.95. The average molecular weight is 375 g/mol. The van der Waals surface area contributed by atoms with E-state index in [-0.39, 0.29) is 36.7 Å². The van der Waals surface area contributed by atoms with Gasteiger partial charge in [0.15, 0.2) is 12.4 Å². The van der Waals surface area contributed by atoms with Crippen LogP contribution in [0, 0.1) is 0 Å². The molecule has 3 rings (SSSR count). The minimum atomic E-state index is -0.0441. The molecule has 138 valence electrons. The highest BCUT2D eigenvalue weighted by atomic mass is 35.5. The number of rotatable bonds is 6. The van der Waals surface area contributed by atoms with Crippen molar-refractivity contribution in [3.63, 3.8) is 0 Å². The predicted molar refractivity (Wildman–Crippen MR) is 103 cm³/mol. The van der Waals surface area contributed by atoms with Crippen LogP contribution in [0.4, 0.5) is 0 Å². The first kappa shape index (κ1) is 19.9. The number of ether oxygens (including phenoxy) is 1. The molecule has 1 saturated heterocycles. The lowest BCUT2D eigenvalue weighted by atomic mass is 10.0. The van der Waals surface area contributed by atoms with Gasteiger partial charge >= 0.3 is 0 Å². The van der Waals surface area contributed by atoms with Crippen molar-refractivity contribution in [1.29, 1.82) is 0 Å². The first-order chi connectivity index (χ1) is 12.2. The first-order valence-electron chi connectivity index (χ1n) is 8.51. The molecule has 2 N–H and O–H groups in total. The van der Waals surface area contributed by atoms with Crippen LogP contribution in [0.2, 0.25) is 0 Å². The van der Waals surface area contributed by atoms with Crippen molar-refractivity contribution >= 4 is 24.1 Å². The van der Waals surface area contributed by atoms with Gasteiger partial charge in [-0.05, 0) is 37.1 Å². The first-order valence-corrected chi connectivity index (χ1v) is 8.51. The van der Waals surface area contributed by atoms with Gasteiger partial charge in [0.1, 0.15) is 5.75 Å². The fraction of sp³-hybridized carbons (Fsp3) is 0.300. The third-order valence-electron chi connectivity index (χ3n) is 4.48. The lowest BCUT2D eigenvalue weighted by molar-refractivity contribution is -0.134. The van der Waals surface area contributed by atoms with E-state index < -0.39 is 0 Å². The summed E-state index contributed by atoms with van der Waals surface area (Å²) in [5.41, 5.74) is 6.93. The van der Waals surface area contributed by atoms with E-state index in [1.54, 1.807) is 41.3 Å². The smallest absolute Gasteiger partial charge is 0.260 e. The SMILES string of the molecule is Cl.NCC1CCCN1C(=O)COc1ccc(C(=O)c2ccccc2)cc1. The molecule has 0 radical (unpaired) electrons. The van der Waals surface area contributed by atoms with Gasteiger partial charge in [-0.1, -0.05) is 30.3 Å². The van der Waals surface area contributed by atoms with Crippen LogP contribution in [0.5, 0.6) is 5.75 Å². The Balaban J connectivity index is 0.00000243. The molecule has 2 aromatic carbocycles. The summed E-state index contributed by atoms with van der Waals surface area (Å²) in [4.78, 5) is 26.4. The Kier molecular flexibility index (Phi) is 7.18. The van der Waals surface area contributed by atoms with Crippen molar-refractivity contribution in [3.8, 4) is 5.75 Å². The molecule has 1 aliphatic rings. The molecule has 5 nitrogen and oxygen atoms in total. The van der Waals surface area contributed by atoms with E-state index in [2.05, 4.69) is 0 Å². The maximum atomic E-state index is 12.4. The number of ketones is 1. The highest BCUT2D eigenvalue weighted by Crippen LogP contribution is 2.18. The molecule has 26 heavy (non-hydrogen) atoms. The number of carbonyl (C=O) groups is 2. The zero-order valence-electron chi connectivity index (χ0n) is 14.5. The number of hydrogen-bond donors (Lipinski definition) is 1. The molecule has 0 aliphatic carbocycles. The van der Waals surface area contributed by atoms with Gasteiger partial charge < -0.3 is 15.4 Å². The van der Waals surface area contributed by atoms with E-state index in [0.717, 1.165) is 19.4 Å². The Morgan fingerprint density at radius 2 is 1.69 bits per heavy atom. The van der Waals surface area contributed by atoms with Crippen molar-refractivity contribution in [2.45, 2.75) is 18.9 Å². The van der Waals surface area contributed by atoms with Crippen LogP contribution in [-0.4, -0.2) is 42.3 Å². The van der Waals surface area contributed by atoms with E-state index in [1.807, 2.05) is 18.2 Å². The number of amides is 1. The molecular formula is C20H23ClN2O3. The average Bonchev–Trinajstić information content (AvgIpc) is 3.15. The van der Waals surface area contributed by atoms with Gasteiger partial charge in [-0.3, -0.25) is 9.59 Å². The third kappa shape index (κ3) is 4.62. The summed E-state index contributed by atoms with van der Waals surface area (Å²) < 4.78 is 5.57.